The summed E-state index contributed by atoms with van der Waals surface area (Å²) in [6, 6.07) is 15.2. The van der Waals surface area contributed by atoms with Gasteiger partial charge in [-0.05, 0) is 42.8 Å². The van der Waals surface area contributed by atoms with Crippen molar-refractivity contribution < 1.29 is 29.9 Å². The first-order valence-electron chi connectivity index (χ1n) is 11.5. The third-order valence-electron chi connectivity index (χ3n) is 5.77. The van der Waals surface area contributed by atoms with Gasteiger partial charge in [0.15, 0.2) is 6.23 Å². The van der Waals surface area contributed by atoms with Gasteiger partial charge < -0.3 is 40.5 Å². The van der Waals surface area contributed by atoms with Gasteiger partial charge in [-0.2, -0.15) is 0 Å². The minimum absolute atomic E-state index is 0.123. The molecule has 10 nitrogen and oxygen atoms in total. The number of imidazole rings is 1. The summed E-state index contributed by atoms with van der Waals surface area (Å²) >= 11 is 0. The van der Waals surface area contributed by atoms with Crippen molar-refractivity contribution in [3.05, 3.63) is 54.1 Å². The molecule has 0 aliphatic carbocycles. The number of nitrogens with zero attached hydrogens (tertiary/aromatic N) is 2. The highest BCUT2D eigenvalue weighted by Gasteiger charge is 2.44. The van der Waals surface area contributed by atoms with E-state index in [2.05, 4.69) is 15.6 Å². The van der Waals surface area contributed by atoms with E-state index in [1.807, 2.05) is 48.5 Å². The molecule has 10 heteroatoms. The highest BCUT2D eigenvalue weighted by Crippen LogP contribution is 2.35. The summed E-state index contributed by atoms with van der Waals surface area (Å²) in [5, 5.41) is 45.5. The Morgan fingerprint density at radius 3 is 2.68 bits per heavy atom. The zero-order valence-corrected chi connectivity index (χ0v) is 18.9. The van der Waals surface area contributed by atoms with E-state index in [4.69, 9.17) is 14.6 Å². The molecule has 184 valence electrons. The van der Waals surface area contributed by atoms with Crippen LogP contribution in [0.1, 0.15) is 18.2 Å². The number of fused-ring (bicyclic) bond motifs is 1. The fourth-order valence-corrected chi connectivity index (χ4v) is 4.04. The number of hydrogen-bond acceptors (Lipinski definition) is 9. The van der Waals surface area contributed by atoms with Crippen LogP contribution < -0.4 is 15.4 Å². The second kappa shape index (κ2) is 11.6. The standard InChI is InChI=1S/C24H32N4O6/c29-11-10-25-9-4-12-33-17-6-3-5-16(13-17)14-26-24-27-18-7-1-2-8-19(18)28(24)23-22(32)21(31)20(15-30)34-23/h1-3,5-8,13,20-23,25,29-32H,4,9-12,14-15H2,(H,26,27)/t20-,21-,22-,23-/m1/s1. The van der Waals surface area contributed by atoms with Crippen molar-refractivity contribution in [1.29, 1.82) is 0 Å². The van der Waals surface area contributed by atoms with Crippen LogP contribution >= 0.6 is 0 Å². The van der Waals surface area contributed by atoms with Gasteiger partial charge >= 0.3 is 0 Å². The van der Waals surface area contributed by atoms with Gasteiger partial charge in [0, 0.05) is 13.1 Å². The summed E-state index contributed by atoms with van der Waals surface area (Å²) in [6.07, 6.45) is -3.34. The van der Waals surface area contributed by atoms with Crippen molar-refractivity contribution in [2.45, 2.75) is 37.5 Å². The lowest BCUT2D eigenvalue weighted by Crippen LogP contribution is -2.33. The number of rotatable bonds is 12. The lowest BCUT2D eigenvalue weighted by molar-refractivity contribution is -0.0499. The van der Waals surface area contributed by atoms with Gasteiger partial charge in [0.05, 0.1) is 30.9 Å². The SMILES string of the molecule is OCCNCCCOc1cccc(CNc2nc3ccccc3n2[C@@H]2O[C@H](CO)[C@@H](O)[C@H]2O)c1. The normalized spacial score (nSPS) is 22.4. The monoisotopic (exact) mass is 472 g/mol. The van der Waals surface area contributed by atoms with Crippen LogP contribution in [-0.2, 0) is 11.3 Å². The van der Waals surface area contributed by atoms with E-state index in [1.165, 1.54) is 0 Å². The molecule has 0 saturated carbocycles. The number of nitrogens with one attached hydrogen (secondary N) is 2. The molecule has 0 bridgehead atoms. The summed E-state index contributed by atoms with van der Waals surface area (Å²) < 4.78 is 13.3. The van der Waals surface area contributed by atoms with Crippen LogP contribution in [0.25, 0.3) is 11.0 Å². The van der Waals surface area contributed by atoms with E-state index in [0.717, 1.165) is 35.3 Å². The summed E-state index contributed by atoms with van der Waals surface area (Å²) in [6.45, 7) is 2.10. The fourth-order valence-electron chi connectivity index (χ4n) is 4.04. The zero-order valence-electron chi connectivity index (χ0n) is 18.9. The molecular weight excluding hydrogens is 440 g/mol. The molecule has 1 aliphatic rings. The van der Waals surface area contributed by atoms with Crippen LogP contribution in [0.3, 0.4) is 0 Å². The third-order valence-corrected chi connectivity index (χ3v) is 5.77. The minimum atomic E-state index is -1.21. The molecule has 0 spiro atoms. The fraction of sp³-hybridized carbons (Fsp3) is 0.458. The number of aromatic nitrogens is 2. The first kappa shape index (κ1) is 24.4. The van der Waals surface area contributed by atoms with Crippen LogP contribution in [0.4, 0.5) is 5.95 Å². The third kappa shape index (κ3) is 5.49. The molecule has 4 atom stereocenters. The number of para-hydroxylation sites is 2. The van der Waals surface area contributed by atoms with Crippen LogP contribution in [0.2, 0.25) is 0 Å². The van der Waals surface area contributed by atoms with Gasteiger partial charge in [-0.25, -0.2) is 4.98 Å². The van der Waals surface area contributed by atoms with E-state index < -0.39 is 31.1 Å². The Balaban J connectivity index is 1.46. The first-order chi connectivity index (χ1) is 16.6. The van der Waals surface area contributed by atoms with Crippen molar-refractivity contribution in [3.63, 3.8) is 0 Å². The quantitative estimate of drug-likeness (QED) is 0.209. The molecule has 1 saturated heterocycles. The van der Waals surface area contributed by atoms with Crippen LogP contribution in [0.5, 0.6) is 5.75 Å². The second-order valence-corrected chi connectivity index (χ2v) is 8.20. The van der Waals surface area contributed by atoms with Crippen LogP contribution in [0.15, 0.2) is 48.5 Å². The largest absolute Gasteiger partial charge is 0.494 e. The van der Waals surface area contributed by atoms with E-state index in [9.17, 15) is 15.3 Å². The van der Waals surface area contributed by atoms with E-state index >= 15 is 0 Å². The van der Waals surface area contributed by atoms with Gasteiger partial charge in [-0.15, -0.1) is 0 Å². The first-order valence-corrected chi connectivity index (χ1v) is 11.5. The minimum Gasteiger partial charge on any atom is -0.494 e. The molecule has 1 aliphatic heterocycles. The summed E-state index contributed by atoms with van der Waals surface area (Å²) in [7, 11) is 0. The average molecular weight is 473 g/mol. The number of aliphatic hydroxyl groups is 4. The molecule has 6 N–H and O–H groups in total. The Bertz CT molecular complexity index is 1060. The number of aliphatic hydroxyl groups excluding tert-OH is 4. The van der Waals surface area contributed by atoms with Gasteiger partial charge in [-0.1, -0.05) is 24.3 Å². The molecule has 0 amide bonds. The van der Waals surface area contributed by atoms with Crippen molar-refractivity contribution >= 4 is 17.0 Å². The molecule has 3 aromatic rings. The molecule has 2 aromatic carbocycles. The number of anilines is 1. The van der Waals surface area contributed by atoms with E-state index in [-0.39, 0.29) is 6.61 Å². The van der Waals surface area contributed by atoms with E-state index in [0.29, 0.717) is 25.6 Å². The lowest BCUT2D eigenvalue weighted by atomic mass is 10.1. The highest BCUT2D eigenvalue weighted by atomic mass is 16.6. The molecule has 1 aromatic heterocycles. The van der Waals surface area contributed by atoms with Gasteiger partial charge in [-0.3, -0.25) is 4.57 Å². The maximum Gasteiger partial charge on any atom is 0.206 e. The van der Waals surface area contributed by atoms with Crippen molar-refractivity contribution in [3.8, 4) is 5.75 Å². The second-order valence-electron chi connectivity index (χ2n) is 8.20. The molecule has 2 heterocycles. The molecular formula is C24H32N4O6. The molecule has 34 heavy (non-hydrogen) atoms. The Morgan fingerprint density at radius 2 is 1.88 bits per heavy atom. The van der Waals surface area contributed by atoms with Gasteiger partial charge in [0.2, 0.25) is 5.95 Å². The van der Waals surface area contributed by atoms with Crippen molar-refractivity contribution in [1.82, 2.24) is 14.9 Å². The molecule has 4 rings (SSSR count). The topological polar surface area (TPSA) is 141 Å². The Labute approximate surface area is 197 Å². The predicted octanol–water partition coefficient (Wildman–Crippen LogP) is 0.611. The molecule has 0 radical (unpaired) electrons. The lowest BCUT2D eigenvalue weighted by Gasteiger charge is -2.20. The number of benzene rings is 2. The van der Waals surface area contributed by atoms with Crippen LogP contribution in [-0.4, -0.2) is 81.2 Å². The average Bonchev–Trinajstić information content (AvgIpc) is 3.36. The highest BCUT2D eigenvalue weighted by molar-refractivity contribution is 5.78. The summed E-state index contributed by atoms with van der Waals surface area (Å²) in [5.41, 5.74) is 2.44. The number of ether oxygens (including phenoxy) is 2. The Hall–Kier alpha value is -2.73. The predicted molar refractivity (Wildman–Crippen MR) is 127 cm³/mol. The van der Waals surface area contributed by atoms with Gasteiger partial charge in [0.1, 0.15) is 24.1 Å². The Kier molecular flexibility index (Phi) is 8.33. The van der Waals surface area contributed by atoms with Crippen molar-refractivity contribution in [2.24, 2.45) is 0 Å². The Morgan fingerprint density at radius 1 is 1.03 bits per heavy atom. The molecule has 1 fully saturated rings. The maximum absolute atomic E-state index is 10.6. The smallest absolute Gasteiger partial charge is 0.206 e. The zero-order chi connectivity index (χ0) is 23.9. The maximum atomic E-state index is 10.6. The van der Waals surface area contributed by atoms with Gasteiger partial charge in [0.25, 0.3) is 0 Å². The summed E-state index contributed by atoms with van der Waals surface area (Å²) in [5.74, 6) is 1.25. The van der Waals surface area contributed by atoms with Crippen LogP contribution in [0, 0.1) is 0 Å². The summed E-state index contributed by atoms with van der Waals surface area (Å²) in [4.78, 5) is 4.65. The number of hydrogen-bond donors (Lipinski definition) is 6. The molecule has 0 unspecified atom stereocenters. The van der Waals surface area contributed by atoms with Crippen molar-refractivity contribution in [2.75, 3.05) is 38.2 Å². The van der Waals surface area contributed by atoms with E-state index in [1.54, 1.807) is 4.57 Å².